The highest BCUT2D eigenvalue weighted by molar-refractivity contribution is 5.70. The van der Waals surface area contributed by atoms with Gasteiger partial charge in [-0.2, -0.15) is 0 Å². The summed E-state index contributed by atoms with van der Waals surface area (Å²) < 4.78 is 10.3. The normalized spacial score (nSPS) is 10.4. The van der Waals surface area contributed by atoms with E-state index in [0.29, 0.717) is 28.2 Å². The maximum atomic E-state index is 11.6. The van der Waals surface area contributed by atoms with E-state index in [1.807, 2.05) is 0 Å². The van der Waals surface area contributed by atoms with E-state index in [9.17, 15) is 9.90 Å². The molecule has 6 nitrogen and oxygen atoms in total. The molecule has 18 heavy (non-hydrogen) atoms. The third-order valence-corrected chi connectivity index (χ3v) is 2.72. The monoisotopic (exact) mass is 250 g/mol. The lowest BCUT2D eigenvalue weighted by Crippen LogP contribution is -2.04. The highest BCUT2D eigenvalue weighted by Gasteiger charge is 2.14. The van der Waals surface area contributed by atoms with Crippen molar-refractivity contribution >= 4 is 0 Å². The summed E-state index contributed by atoms with van der Waals surface area (Å²) in [6.07, 6.45) is 1.54. The van der Waals surface area contributed by atoms with E-state index >= 15 is 0 Å². The Hall–Kier alpha value is -2.21. The van der Waals surface area contributed by atoms with Gasteiger partial charge < -0.3 is 19.7 Å². The third kappa shape index (κ3) is 1.98. The van der Waals surface area contributed by atoms with E-state index in [-0.39, 0.29) is 12.2 Å². The van der Waals surface area contributed by atoms with Crippen LogP contribution < -0.4 is 15.0 Å². The van der Waals surface area contributed by atoms with E-state index in [2.05, 4.69) is 10.2 Å². The quantitative estimate of drug-likeness (QED) is 0.751. The number of rotatable bonds is 4. The highest BCUT2D eigenvalue weighted by atomic mass is 16.5. The number of methoxy groups -OCH3 is 2. The van der Waals surface area contributed by atoms with Crippen LogP contribution in [0.5, 0.6) is 11.5 Å². The lowest BCUT2D eigenvalue weighted by molar-refractivity contribution is 0.281. The van der Waals surface area contributed by atoms with E-state index in [4.69, 9.17) is 9.47 Å². The topological polar surface area (TPSA) is 87.3 Å². The van der Waals surface area contributed by atoms with Crippen molar-refractivity contribution in [1.82, 2.24) is 10.2 Å². The number of nitrogens with one attached hydrogen (secondary N) is 2. The molecule has 0 aliphatic rings. The van der Waals surface area contributed by atoms with Crippen LogP contribution in [0.3, 0.4) is 0 Å². The van der Waals surface area contributed by atoms with Crippen molar-refractivity contribution in [2.75, 3.05) is 14.2 Å². The smallest absolute Gasteiger partial charge is 0.271 e. The van der Waals surface area contributed by atoms with E-state index in [1.54, 1.807) is 18.3 Å². The number of H-pyrrole nitrogens is 2. The zero-order chi connectivity index (χ0) is 13.1. The molecule has 0 bridgehead atoms. The summed E-state index contributed by atoms with van der Waals surface area (Å²) >= 11 is 0. The molecule has 3 N–H and O–H groups in total. The molecular weight excluding hydrogens is 236 g/mol. The van der Waals surface area contributed by atoms with Crippen molar-refractivity contribution in [2.45, 2.75) is 6.61 Å². The van der Waals surface area contributed by atoms with Crippen molar-refractivity contribution in [3.8, 4) is 22.6 Å². The summed E-state index contributed by atoms with van der Waals surface area (Å²) in [5.41, 5.74) is 1.40. The van der Waals surface area contributed by atoms with Gasteiger partial charge in [-0.15, -0.1) is 0 Å². The van der Waals surface area contributed by atoms with Crippen LogP contribution >= 0.6 is 0 Å². The maximum Gasteiger partial charge on any atom is 0.271 e. The molecule has 0 aliphatic heterocycles. The Bertz CT molecular complexity index is 600. The Kier molecular flexibility index (Phi) is 3.38. The lowest BCUT2D eigenvalue weighted by atomic mass is 10.0. The Morgan fingerprint density at radius 2 is 1.83 bits per heavy atom. The predicted molar refractivity (Wildman–Crippen MR) is 65.9 cm³/mol. The Labute approximate surface area is 103 Å². The molecule has 2 aromatic rings. The second-order valence-corrected chi connectivity index (χ2v) is 3.68. The van der Waals surface area contributed by atoms with Gasteiger partial charge in [0.1, 0.15) is 0 Å². The number of hydrogen-bond donors (Lipinski definition) is 3. The molecule has 1 aromatic heterocycles. The Morgan fingerprint density at radius 3 is 2.33 bits per heavy atom. The highest BCUT2D eigenvalue weighted by Crippen LogP contribution is 2.34. The second kappa shape index (κ2) is 4.97. The SMILES string of the molecule is COc1cc(CO)c(-c2c[nH][nH]c2=O)cc1OC. The van der Waals surface area contributed by atoms with E-state index in [0.717, 1.165) is 0 Å². The number of aromatic nitrogens is 2. The van der Waals surface area contributed by atoms with Crippen LogP contribution in [0.4, 0.5) is 0 Å². The standard InChI is InChI=1S/C12H14N2O4/c1-17-10-3-7(6-15)8(4-11(10)18-2)9-5-13-14-12(9)16/h3-5,15H,6H2,1-2H3,(H2,13,14,16). The zero-order valence-electron chi connectivity index (χ0n) is 10.1. The summed E-state index contributed by atoms with van der Waals surface area (Å²) in [5, 5.41) is 14.4. The van der Waals surface area contributed by atoms with Gasteiger partial charge in [0.15, 0.2) is 11.5 Å². The molecule has 1 heterocycles. The van der Waals surface area contributed by atoms with Crippen LogP contribution in [0, 0.1) is 0 Å². The fourth-order valence-electron chi connectivity index (χ4n) is 1.81. The summed E-state index contributed by atoms with van der Waals surface area (Å²) in [6, 6.07) is 3.32. The van der Waals surface area contributed by atoms with Gasteiger partial charge in [0, 0.05) is 6.20 Å². The van der Waals surface area contributed by atoms with Gasteiger partial charge in [0.2, 0.25) is 0 Å². The molecule has 1 aromatic carbocycles. The van der Waals surface area contributed by atoms with Crippen molar-refractivity contribution in [3.05, 3.63) is 34.2 Å². The third-order valence-electron chi connectivity index (χ3n) is 2.72. The van der Waals surface area contributed by atoms with Crippen molar-refractivity contribution in [3.63, 3.8) is 0 Å². The summed E-state index contributed by atoms with van der Waals surface area (Å²) in [7, 11) is 3.03. The summed E-state index contributed by atoms with van der Waals surface area (Å²) in [4.78, 5) is 11.6. The Morgan fingerprint density at radius 1 is 1.17 bits per heavy atom. The van der Waals surface area contributed by atoms with Gasteiger partial charge in [-0.3, -0.25) is 9.89 Å². The molecule has 0 saturated carbocycles. The molecular formula is C12H14N2O4. The molecule has 0 saturated heterocycles. The van der Waals surface area contributed by atoms with Crippen molar-refractivity contribution < 1.29 is 14.6 Å². The van der Waals surface area contributed by atoms with Gasteiger partial charge in [0.25, 0.3) is 5.56 Å². The molecule has 0 unspecified atom stereocenters. The van der Waals surface area contributed by atoms with Crippen LogP contribution in [-0.4, -0.2) is 29.5 Å². The first-order valence-electron chi connectivity index (χ1n) is 5.33. The number of aliphatic hydroxyl groups is 1. The number of ether oxygens (including phenoxy) is 2. The minimum atomic E-state index is -0.253. The van der Waals surface area contributed by atoms with Crippen LogP contribution in [0.1, 0.15) is 5.56 Å². The van der Waals surface area contributed by atoms with Crippen LogP contribution in [0.2, 0.25) is 0 Å². The first-order valence-corrected chi connectivity index (χ1v) is 5.33. The lowest BCUT2D eigenvalue weighted by Gasteiger charge is -2.12. The fourth-order valence-corrected chi connectivity index (χ4v) is 1.81. The van der Waals surface area contributed by atoms with Gasteiger partial charge in [-0.05, 0) is 23.3 Å². The molecule has 6 heteroatoms. The molecule has 0 radical (unpaired) electrons. The maximum absolute atomic E-state index is 11.6. The summed E-state index contributed by atoms with van der Waals surface area (Å²) in [6.45, 7) is -0.194. The van der Waals surface area contributed by atoms with Crippen molar-refractivity contribution in [2.24, 2.45) is 0 Å². The van der Waals surface area contributed by atoms with E-state index < -0.39 is 0 Å². The predicted octanol–water partition coefficient (Wildman–Crippen LogP) is 0.879. The summed E-state index contributed by atoms with van der Waals surface area (Å²) in [5.74, 6) is 1.02. The molecule has 0 amide bonds. The van der Waals surface area contributed by atoms with E-state index in [1.165, 1.54) is 14.2 Å². The van der Waals surface area contributed by atoms with Gasteiger partial charge in [0.05, 0.1) is 26.4 Å². The van der Waals surface area contributed by atoms with Crippen LogP contribution in [0.15, 0.2) is 23.1 Å². The average Bonchev–Trinajstić information content (AvgIpc) is 2.83. The van der Waals surface area contributed by atoms with Gasteiger partial charge >= 0.3 is 0 Å². The molecule has 0 atom stereocenters. The molecule has 2 rings (SSSR count). The largest absolute Gasteiger partial charge is 0.493 e. The fraction of sp³-hybridized carbons (Fsp3) is 0.250. The number of aliphatic hydroxyl groups excluding tert-OH is 1. The molecule has 0 aliphatic carbocycles. The second-order valence-electron chi connectivity index (χ2n) is 3.68. The minimum absolute atomic E-state index is 0.194. The number of benzene rings is 1. The number of hydrogen-bond acceptors (Lipinski definition) is 4. The van der Waals surface area contributed by atoms with Gasteiger partial charge in [-0.25, -0.2) is 0 Å². The van der Waals surface area contributed by atoms with Crippen LogP contribution in [-0.2, 0) is 6.61 Å². The molecule has 0 spiro atoms. The Balaban J connectivity index is 2.66. The van der Waals surface area contributed by atoms with Crippen molar-refractivity contribution in [1.29, 1.82) is 0 Å². The number of aromatic amines is 2. The first-order chi connectivity index (χ1) is 8.71. The zero-order valence-corrected chi connectivity index (χ0v) is 10.1. The minimum Gasteiger partial charge on any atom is -0.493 e. The molecule has 0 fully saturated rings. The van der Waals surface area contributed by atoms with Gasteiger partial charge in [-0.1, -0.05) is 0 Å². The van der Waals surface area contributed by atoms with Crippen LogP contribution in [0.25, 0.3) is 11.1 Å². The first kappa shape index (κ1) is 12.3. The average molecular weight is 250 g/mol. The molecule has 96 valence electrons.